The van der Waals surface area contributed by atoms with Gasteiger partial charge in [0.15, 0.2) is 17.3 Å². The van der Waals surface area contributed by atoms with Crippen LogP contribution in [0.4, 0.5) is 0 Å². The van der Waals surface area contributed by atoms with Crippen LogP contribution in [0.25, 0.3) is 5.57 Å². The molecule has 1 aromatic carbocycles. The van der Waals surface area contributed by atoms with E-state index >= 15 is 0 Å². The molecule has 126 valence electrons. The lowest BCUT2D eigenvalue weighted by atomic mass is 9.78. The Hall–Kier alpha value is -2.42. The van der Waals surface area contributed by atoms with E-state index in [0.29, 0.717) is 16.9 Å². The van der Waals surface area contributed by atoms with E-state index in [1.807, 2.05) is 0 Å². The minimum absolute atomic E-state index is 0.0629. The van der Waals surface area contributed by atoms with Gasteiger partial charge in [-0.3, -0.25) is 9.59 Å². The number of rotatable bonds is 1. The summed E-state index contributed by atoms with van der Waals surface area (Å²) >= 11 is 0. The molecule has 4 atom stereocenters. The Labute approximate surface area is 136 Å². The number of fused-ring (bicyclic) bond motifs is 4. The van der Waals surface area contributed by atoms with Crippen LogP contribution in [0, 0.1) is 0 Å². The minimum atomic E-state index is -1.41. The summed E-state index contributed by atoms with van der Waals surface area (Å²) in [5.41, 5.74) is 1.02. The molecular weight excluding hydrogens is 318 g/mol. The van der Waals surface area contributed by atoms with Crippen LogP contribution in [-0.2, 0) is 0 Å². The summed E-state index contributed by atoms with van der Waals surface area (Å²) in [6.45, 7) is 1.26. The molecule has 8 heteroatoms. The zero-order valence-corrected chi connectivity index (χ0v) is 12.6. The van der Waals surface area contributed by atoms with Crippen LogP contribution in [0.1, 0.15) is 33.2 Å². The molecule has 4 rings (SSSR count). The van der Waals surface area contributed by atoms with Crippen molar-refractivity contribution in [2.75, 3.05) is 6.79 Å². The Morgan fingerprint density at radius 2 is 2.00 bits per heavy atom. The number of nitrogens with one attached hydrogen (secondary N) is 1. The molecule has 24 heavy (non-hydrogen) atoms. The van der Waals surface area contributed by atoms with Gasteiger partial charge in [-0.15, -0.1) is 0 Å². The van der Waals surface area contributed by atoms with Crippen LogP contribution in [0.3, 0.4) is 0 Å². The van der Waals surface area contributed by atoms with Crippen LogP contribution < -0.4 is 14.8 Å². The van der Waals surface area contributed by atoms with E-state index < -0.39 is 30.3 Å². The van der Waals surface area contributed by atoms with Crippen LogP contribution >= 0.6 is 0 Å². The predicted molar refractivity (Wildman–Crippen MR) is 79.8 cm³/mol. The van der Waals surface area contributed by atoms with Gasteiger partial charge in [0.25, 0.3) is 5.91 Å². The van der Waals surface area contributed by atoms with Crippen LogP contribution in [0.2, 0.25) is 0 Å². The number of ether oxygens (including phenoxy) is 2. The van der Waals surface area contributed by atoms with Gasteiger partial charge in [0.1, 0.15) is 18.3 Å². The average molecular weight is 333 g/mol. The van der Waals surface area contributed by atoms with E-state index in [1.54, 1.807) is 6.07 Å². The summed E-state index contributed by atoms with van der Waals surface area (Å²) in [7, 11) is 0. The highest BCUT2D eigenvalue weighted by atomic mass is 16.7. The molecule has 3 aliphatic rings. The number of hydrogen-bond acceptors (Lipinski definition) is 7. The third-order valence-electron chi connectivity index (χ3n) is 4.57. The fourth-order valence-electron chi connectivity index (χ4n) is 3.45. The third-order valence-corrected chi connectivity index (χ3v) is 4.57. The van der Waals surface area contributed by atoms with E-state index in [-0.39, 0.29) is 29.5 Å². The molecule has 1 aromatic rings. The lowest BCUT2D eigenvalue weighted by Gasteiger charge is -2.39. The fourth-order valence-corrected chi connectivity index (χ4v) is 3.45. The van der Waals surface area contributed by atoms with Crippen molar-refractivity contribution in [3.8, 4) is 11.5 Å². The first kappa shape index (κ1) is 15.1. The van der Waals surface area contributed by atoms with Gasteiger partial charge in [0.05, 0.1) is 17.2 Å². The maximum absolute atomic E-state index is 12.6. The van der Waals surface area contributed by atoms with Crippen molar-refractivity contribution >= 4 is 17.3 Å². The Kier molecular flexibility index (Phi) is 3.17. The lowest BCUT2D eigenvalue weighted by Crippen LogP contribution is -2.57. The second-order valence-electron chi connectivity index (χ2n) is 6.01. The maximum Gasteiger partial charge on any atom is 0.253 e. The van der Waals surface area contributed by atoms with Gasteiger partial charge in [-0.25, -0.2) is 0 Å². The Bertz CT molecular complexity index is 800. The van der Waals surface area contributed by atoms with Gasteiger partial charge in [0.2, 0.25) is 6.79 Å². The molecule has 1 aliphatic carbocycles. The van der Waals surface area contributed by atoms with Gasteiger partial charge in [-0.1, -0.05) is 0 Å². The normalized spacial score (nSPS) is 30.2. The molecule has 8 nitrogen and oxygen atoms in total. The number of Topliss-reactive ketones (excluding diaryl/α,β-unsaturated/α-hetero) is 1. The average Bonchev–Trinajstić information content (AvgIpc) is 3.00. The second kappa shape index (κ2) is 5.04. The number of hydrogen-bond donors (Lipinski definition) is 4. The zero-order valence-electron chi connectivity index (χ0n) is 12.6. The first-order chi connectivity index (χ1) is 11.4. The van der Waals surface area contributed by atoms with Crippen LogP contribution in [0.15, 0.2) is 12.1 Å². The van der Waals surface area contributed by atoms with Gasteiger partial charge < -0.3 is 30.1 Å². The van der Waals surface area contributed by atoms with Crippen LogP contribution in [-0.4, -0.2) is 58.2 Å². The number of aliphatic hydroxyl groups excluding tert-OH is 3. The number of carbonyl (C=O) groups excluding carboxylic acids is 2. The Balaban J connectivity index is 2.00. The van der Waals surface area contributed by atoms with Crippen molar-refractivity contribution in [3.63, 3.8) is 0 Å². The van der Waals surface area contributed by atoms with Gasteiger partial charge in [0, 0.05) is 0 Å². The number of aliphatic hydroxyl groups is 3. The summed E-state index contributed by atoms with van der Waals surface area (Å²) < 4.78 is 10.7. The molecule has 2 aliphatic heterocycles. The molecule has 4 N–H and O–H groups in total. The number of amides is 1. The standard InChI is InChI=1S/C16H15NO7/c1-5(18)10-11-6(3-9-15(10)24-4-23-9)7-2-8(19)13(20)14(21)12(7)17-16(11)22/h2-3,8,12-14,19-21H,4H2,1H3,(H,17,22)/t8-,12+,13+,14-/m0/s1. The van der Waals surface area contributed by atoms with Gasteiger partial charge in [-0.05, 0) is 30.2 Å². The quantitative estimate of drug-likeness (QED) is 0.496. The molecule has 0 spiro atoms. The third kappa shape index (κ3) is 1.90. The number of carbonyl (C=O) groups is 2. The largest absolute Gasteiger partial charge is 0.454 e. The van der Waals surface area contributed by atoms with E-state index in [4.69, 9.17) is 9.47 Å². The van der Waals surface area contributed by atoms with E-state index in [0.717, 1.165) is 0 Å². The summed E-state index contributed by atoms with van der Waals surface area (Å²) in [6, 6.07) is 0.669. The Morgan fingerprint density at radius 1 is 1.25 bits per heavy atom. The molecule has 0 unspecified atom stereocenters. The first-order valence-electron chi connectivity index (χ1n) is 7.45. The summed E-state index contributed by atoms with van der Waals surface area (Å²) in [5, 5.41) is 32.5. The minimum Gasteiger partial charge on any atom is -0.454 e. The predicted octanol–water partition coefficient (Wildman–Crippen LogP) is -0.790. The number of benzene rings is 1. The van der Waals surface area contributed by atoms with Gasteiger partial charge in [-0.2, -0.15) is 0 Å². The highest BCUT2D eigenvalue weighted by Gasteiger charge is 2.44. The molecule has 0 saturated heterocycles. The molecule has 2 heterocycles. The van der Waals surface area contributed by atoms with Crippen molar-refractivity contribution in [1.82, 2.24) is 5.32 Å². The molecule has 0 fully saturated rings. The summed E-state index contributed by atoms with van der Waals surface area (Å²) in [4.78, 5) is 24.6. The molecular formula is C16H15NO7. The van der Waals surface area contributed by atoms with Crippen molar-refractivity contribution < 1.29 is 34.4 Å². The number of ketones is 1. The van der Waals surface area contributed by atoms with E-state index in [1.165, 1.54) is 13.0 Å². The van der Waals surface area contributed by atoms with Crippen LogP contribution in [0.5, 0.6) is 11.5 Å². The molecule has 0 bridgehead atoms. The lowest BCUT2D eigenvalue weighted by molar-refractivity contribution is -0.0534. The second-order valence-corrected chi connectivity index (χ2v) is 6.01. The monoisotopic (exact) mass is 333 g/mol. The maximum atomic E-state index is 12.6. The summed E-state index contributed by atoms with van der Waals surface area (Å²) in [5.74, 6) is -0.381. The highest BCUT2D eigenvalue weighted by molar-refractivity contribution is 6.14. The summed E-state index contributed by atoms with van der Waals surface area (Å²) in [6.07, 6.45) is -2.71. The fraction of sp³-hybridized carbons (Fsp3) is 0.375. The Morgan fingerprint density at radius 3 is 2.71 bits per heavy atom. The SMILES string of the molecule is CC(=O)c1c2c(cc3c1C(=O)N[C@@H]1C3=C[C@H](O)[C@@H](O)[C@H]1O)OCO2. The van der Waals surface area contributed by atoms with E-state index in [2.05, 4.69) is 5.32 Å². The zero-order chi connectivity index (χ0) is 17.2. The van der Waals surface area contributed by atoms with E-state index in [9.17, 15) is 24.9 Å². The van der Waals surface area contributed by atoms with Crippen molar-refractivity contribution in [1.29, 1.82) is 0 Å². The molecule has 0 radical (unpaired) electrons. The van der Waals surface area contributed by atoms with Crippen molar-refractivity contribution in [2.45, 2.75) is 31.3 Å². The molecule has 1 amide bonds. The molecule has 0 aromatic heterocycles. The smallest absolute Gasteiger partial charge is 0.253 e. The first-order valence-corrected chi connectivity index (χ1v) is 7.45. The highest BCUT2D eigenvalue weighted by Crippen LogP contribution is 2.45. The molecule has 0 saturated carbocycles. The topological polar surface area (TPSA) is 125 Å². The van der Waals surface area contributed by atoms with Crippen molar-refractivity contribution in [2.24, 2.45) is 0 Å². The van der Waals surface area contributed by atoms with Gasteiger partial charge >= 0.3 is 0 Å². The van der Waals surface area contributed by atoms with Crippen molar-refractivity contribution in [3.05, 3.63) is 28.8 Å².